The minimum absolute atomic E-state index is 0.146. The van der Waals surface area contributed by atoms with E-state index in [1.54, 1.807) is 6.07 Å². The molecule has 1 aromatic rings. The van der Waals surface area contributed by atoms with Gasteiger partial charge in [-0.2, -0.15) is 0 Å². The van der Waals surface area contributed by atoms with E-state index in [1.807, 2.05) is 0 Å². The first-order valence-electron chi connectivity index (χ1n) is 5.77. The molecule has 3 N–H and O–H groups in total. The quantitative estimate of drug-likeness (QED) is 0.863. The SMILES string of the molecule is CC(CNC(=O)c1cnc(N)c(Cl)c1)C1CC1. The van der Waals surface area contributed by atoms with Gasteiger partial charge in [-0.05, 0) is 30.7 Å². The fourth-order valence-corrected chi connectivity index (χ4v) is 1.93. The maximum atomic E-state index is 11.8. The number of nitrogens with two attached hydrogens (primary N) is 1. The lowest BCUT2D eigenvalue weighted by Gasteiger charge is -2.11. The van der Waals surface area contributed by atoms with E-state index in [2.05, 4.69) is 17.2 Å². The molecular formula is C12H16ClN3O. The highest BCUT2D eigenvalue weighted by Gasteiger charge is 2.27. The van der Waals surface area contributed by atoms with Crippen molar-refractivity contribution in [1.82, 2.24) is 10.3 Å². The Morgan fingerprint density at radius 3 is 3.00 bits per heavy atom. The number of nitrogens with zero attached hydrogens (tertiary/aromatic N) is 1. The first kappa shape index (κ1) is 12.2. The first-order chi connectivity index (χ1) is 8.08. The molecule has 0 saturated heterocycles. The van der Waals surface area contributed by atoms with Crippen LogP contribution in [0.2, 0.25) is 5.02 Å². The standard InChI is InChI=1S/C12H16ClN3O/c1-7(8-2-3-8)5-16-12(17)9-4-10(13)11(14)15-6-9/h4,6-8H,2-3,5H2,1H3,(H2,14,15)(H,16,17). The van der Waals surface area contributed by atoms with Crippen molar-refractivity contribution in [2.45, 2.75) is 19.8 Å². The molecule has 1 saturated carbocycles. The van der Waals surface area contributed by atoms with Crippen molar-refractivity contribution in [3.05, 3.63) is 22.8 Å². The van der Waals surface area contributed by atoms with Gasteiger partial charge in [0.25, 0.3) is 5.91 Å². The Morgan fingerprint density at radius 1 is 1.71 bits per heavy atom. The van der Waals surface area contributed by atoms with Gasteiger partial charge in [0.1, 0.15) is 5.82 Å². The number of carbonyl (C=O) groups is 1. The molecule has 1 amide bonds. The van der Waals surface area contributed by atoms with Crippen molar-refractivity contribution in [2.24, 2.45) is 11.8 Å². The summed E-state index contributed by atoms with van der Waals surface area (Å²) in [6.45, 7) is 2.86. The number of aromatic nitrogens is 1. The van der Waals surface area contributed by atoms with Crippen molar-refractivity contribution in [2.75, 3.05) is 12.3 Å². The van der Waals surface area contributed by atoms with E-state index in [4.69, 9.17) is 17.3 Å². The topological polar surface area (TPSA) is 68.0 Å². The van der Waals surface area contributed by atoms with Gasteiger partial charge in [0.05, 0.1) is 10.6 Å². The van der Waals surface area contributed by atoms with Gasteiger partial charge in [-0.1, -0.05) is 18.5 Å². The largest absolute Gasteiger partial charge is 0.382 e. The summed E-state index contributed by atoms with van der Waals surface area (Å²) in [5, 5.41) is 3.20. The number of pyridine rings is 1. The van der Waals surface area contributed by atoms with E-state index in [1.165, 1.54) is 19.0 Å². The number of hydrogen-bond donors (Lipinski definition) is 2. The summed E-state index contributed by atoms with van der Waals surface area (Å²) in [5.41, 5.74) is 5.94. The molecule has 1 aliphatic rings. The molecule has 2 rings (SSSR count). The summed E-state index contributed by atoms with van der Waals surface area (Å²) >= 11 is 5.81. The van der Waals surface area contributed by atoms with Crippen LogP contribution in [0.25, 0.3) is 0 Å². The molecular weight excluding hydrogens is 238 g/mol. The third kappa shape index (κ3) is 3.09. The molecule has 5 heteroatoms. The third-order valence-corrected chi connectivity index (χ3v) is 3.45. The lowest BCUT2D eigenvalue weighted by atomic mass is 10.1. The summed E-state index contributed by atoms with van der Waals surface area (Å²) in [5.74, 6) is 1.42. The zero-order chi connectivity index (χ0) is 12.4. The number of amides is 1. The number of anilines is 1. The van der Waals surface area contributed by atoms with Crippen molar-refractivity contribution in [3.8, 4) is 0 Å². The molecule has 92 valence electrons. The number of carbonyl (C=O) groups excluding carboxylic acids is 1. The van der Waals surface area contributed by atoms with Crippen molar-refractivity contribution in [1.29, 1.82) is 0 Å². The van der Waals surface area contributed by atoms with Gasteiger partial charge in [-0.3, -0.25) is 4.79 Å². The average molecular weight is 254 g/mol. The van der Waals surface area contributed by atoms with Gasteiger partial charge < -0.3 is 11.1 Å². The van der Waals surface area contributed by atoms with Crippen LogP contribution < -0.4 is 11.1 Å². The van der Waals surface area contributed by atoms with E-state index in [-0.39, 0.29) is 11.7 Å². The molecule has 0 spiro atoms. The monoisotopic (exact) mass is 253 g/mol. The molecule has 0 aromatic carbocycles. The lowest BCUT2D eigenvalue weighted by molar-refractivity contribution is 0.0946. The van der Waals surface area contributed by atoms with Gasteiger partial charge in [0.15, 0.2) is 0 Å². The Bertz CT molecular complexity index is 432. The molecule has 0 aliphatic heterocycles. The van der Waals surface area contributed by atoms with Crippen LogP contribution >= 0.6 is 11.6 Å². The lowest BCUT2D eigenvalue weighted by Crippen LogP contribution is -2.29. The van der Waals surface area contributed by atoms with Gasteiger partial charge in [-0.25, -0.2) is 4.98 Å². The van der Waals surface area contributed by atoms with Crippen molar-refractivity contribution < 1.29 is 4.79 Å². The number of nitrogens with one attached hydrogen (secondary N) is 1. The minimum atomic E-state index is -0.146. The molecule has 1 aromatic heterocycles. The Kier molecular flexibility index (Phi) is 3.52. The Hall–Kier alpha value is -1.29. The molecule has 1 unspecified atom stereocenters. The molecule has 1 aliphatic carbocycles. The first-order valence-corrected chi connectivity index (χ1v) is 6.15. The van der Waals surface area contributed by atoms with Gasteiger partial charge >= 0.3 is 0 Å². The highest BCUT2D eigenvalue weighted by atomic mass is 35.5. The highest BCUT2D eigenvalue weighted by molar-refractivity contribution is 6.33. The highest BCUT2D eigenvalue weighted by Crippen LogP contribution is 2.36. The van der Waals surface area contributed by atoms with Gasteiger partial charge in [0, 0.05) is 12.7 Å². The number of hydrogen-bond acceptors (Lipinski definition) is 3. The minimum Gasteiger partial charge on any atom is -0.382 e. The number of halogens is 1. The number of rotatable bonds is 4. The van der Waals surface area contributed by atoms with E-state index in [0.717, 1.165) is 5.92 Å². The molecule has 0 bridgehead atoms. The molecule has 0 radical (unpaired) electrons. The summed E-state index contributed by atoms with van der Waals surface area (Å²) in [7, 11) is 0. The number of nitrogen functional groups attached to an aromatic ring is 1. The van der Waals surface area contributed by atoms with Crippen LogP contribution in [-0.2, 0) is 0 Å². The Morgan fingerprint density at radius 2 is 2.41 bits per heavy atom. The van der Waals surface area contributed by atoms with Crippen molar-refractivity contribution in [3.63, 3.8) is 0 Å². The van der Waals surface area contributed by atoms with Crippen LogP contribution in [0.4, 0.5) is 5.82 Å². The molecule has 1 fully saturated rings. The normalized spacial score (nSPS) is 16.6. The van der Waals surface area contributed by atoms with E-state index >= 15 is 0 Å². The summed E-state index contributed by atoms with van der Waals surface area (Å²) < 4.78 is 0. The van der Waals surface area contributed by atoms with E-state index in [9.17, 15) is 4.79 Å². The Balaban J connectivity index is 1.92. The van der Waals surface area contributed by atoms with E-state index < -0.39 is 0 Å². The predicted molar refractivity (Wildman–Crippen MR) is 67.9 cm³/mol. The zero-order valence-corrected chi connectivity index (χ0v) is 10.5. The molecule has 1 atom stereocenters. The molecule has 1 heterocycles. The maximum Gasteiger partial charge on any atom is 0.252 e. The van der Waals surface area contributed by atoms with Crippen LogP contribution in [0.5, 0.6) is 0 Å². The second-order valence-corrected chi connectivity index (χ2v) is 5.02. The predicted octanol–water partition coefficient (Wildman–Crippen LogP) is 2.09. The summed E-state index contributed by atoms with van der Waals surface area (Å²) in [4.78, 5) is 15.7. The summed E-state index contributed by atoms with van der Waals surface area (Å²) in [6.07, 6.45) is 4.01. The van der Waals surface area contributed by atoms with Crippen LogP contribution in [0.3, 0.4) is 0 Å². The van der Waals surface area contributed by atoms with Crippen LogP contribution in [0.15, 0.2) is 12.3 Å². The van der Waals surface area contributed by atoms with Crippen LogP contribution in [0, 0.1) is 11.8 Å². The van der Waals surface area contributed by atoms with Gasteiger partial charge in [-0.15, -0.1) is 0 Å². The average Bonchev–Trinajstić information content (AvgIpc) is 3.13. The third-order valence-electron chi connectivity index (χ3n) is 3.14. The summed E-state index contributed by atoms with van der Waals surface area (Å²) in [6, 6.07) is 1.54. The smallest absolute Gasteiger partial charge is 0.252 e. The van der Waals surface area contributed by atoms with Crippen LogP contribution in [0.1, 0.15) is 30.1 Å². The fraction of sp³-hybridized carbons (Fsp3) is 0.500. The molecule has 4 nitrogen and oxygen atoms in total. The van der Waals surface area contributed by atoms with Crippen LogP contribution in [-0.4, -0.2) is 17.4 Å². The second kappa shape index (κ2) is 4.92. The second-order valence-electron chi connectivity index (χ2n) is 4.62. The Labute approximate surface area is 106 Å². The fourth-order valence-electron chi connectivity index (χ4n) is 1.76. The van der Waals surface area contributed by atoms with Gasteiger partial charge in [0.2, 0.25) is 0 Å². The zero-order valence-electron chi connectivity index (χ0n) is 9.74. The van der Waals surface area contributed by atoms with E-state index in [0.29, 0.717) is 23.0 Å². The van der Waals surface area contributed by atoms with Crippen molar-refractivity contribution >= 4 is 23.3 Å². The molecule has 17 heavy (non-hydrogen) atoms. The maximum absolute atomic E-state index is 11.8.